The van der Waals surface area contributed by atoms with E-state index in [0.29, 0.717) is 0 Å². The van der Waals surface area contributed by atoms with E-state index in [2.05, 4.69) is 300 Å². The summed E-state index contributed by atoms with van der Waals surface area (Å²) in [6.07, 6.45) is 29.9. The molecule has 0 radical (unpaired) electrons. The number of benzene rings is 12. The van der Waals surface area contributed by atoms with Gasteiger partial charge in [-0.3, -0.25) is 0 Å². The molecule has 19 rings (SSSR count). The van der Waals surface area contributed by atoms with Crippen LogP contribution in [-0.2, 0) is 27.1 Å². The van der Waals surface area contributed by atoms with Crippen LogP contribution in [-0.4, -0.2) is 0 Å². The van der Waals surface area contributed by atoms with E-state index in [1.165, 1.54) is 301 Å². The van der Waals surface area contributed by atoms with E-state index in [4.69, 9.17) is 8.83 Å². The number of para-hydroxylation sites is 3. The lowest BCUT2D eigenvalue weighted by Crippen LogP contribution is -2.26. The molecular formula is C113H119NO2. The van der Waals surface area contributed by atoms with Crippen molar-refractivity contribution in [2.45, 2.75) is 264 Å². The Bertz CT molecular complexity index is 6140. The third-order valence-corrected chi connectivity index (χ3v) is 29.4. The van der Waals surface area contributed by atoms with Gasteiger partial charge < -0.3 is 13.7 Å². The molecule has 0 spiro atoms. The maximum Gasteiger partial charge on any atom is 0.144 e. The molecule has 0 unspecified atom stereocenters. The lowest BCUT2D eigenvalue weighted by atomic mass is 9.70. The van der Waals surface area contributed by atoms with Crippen molar-refractivity contribution in [2.24, 2.45) is 0 Å². The molecule has 116 heavy (non-hydrogen) atoms. The molecule has 0 amide bonds. The van der Waals surface area contributed by atoms with Crippen molar-refractivity contribution in [3.63, 3.8) is 0 Å². The largest absolute Gasteiger partial charge is 0.455 e. The quantitative estimate of drug-likeness (QED) is 0.0438. The second-order valence-corrected chi connectivity index (χ2v) is 37.6. The second kappa shape index (κ2) is 29.9. The highest BCUT2D eigenvalue weighted by molar-refractivity contribution is 6.22. The Morgan fingerprint density at radius 3 is 1.23 bits per heavy atom. The SMILES string of the molecule is CCCCCCCC1(CCCCCCC)c2ccccc2-c2ccc(-c3ccc4c(c3)C(C)(C)c3cc(-c5cc6c(c7c5oc5ccccc57)-c5ccc(N(c7ccc8c(c7)C(C)(C)c7c9c(c%10oc%11ccccc%11c%10c7-8)-c7ccccc7C9(C)C)c7c(C)cccc7C)cc5C6(CCCCCCC)CCCCCCC)ccc3-4)cc21. The van der Waals surface area contributed by atoms with Gasteiger partial charge in [-0.2, -0.15) is 0 Å². The number of aryl methyl sites for hydroxylation is 2. The van der Waals surface area contributed by atoms with E-state index < -0.39 is 0 Å². The number of nitrogens with zero attached hydrogens (tertiary/aromatic N) is 1. The van der Waals surface area contributed by atoms with E-state index in [-0.39, 0.29) is 27.1 Å². The Balaban J connectivity index is 0.753. The second-order valence-electron chi connectivity index (χ2n) is 37.6. The van der Waals surface area contributed by atoms with Gasteiger partial charge in [-0.25, -0.2) is 0 Å². The molecule has 0 aliphatic heterocycles. The summed E-state index contributed by atoms with van der Waals surface area (Å²) < 4.78 is 14.7. The van der Waals surface area contributed by atoms with Crippen LogP contribution in [0.3, 0.4) is 0 Å². The van der Waals surface area contributed by atoms with Gasteiger partial charge in [0.25, 0.3) is 0 Å². The minimum Gasteiger partial charge on any atom is -0.455 e. The van der Waals surface area contributed by atoms with Gasteiger partial charge in [-0.15, -0.1) is 0 Å². The van der Waals surface area contributed by atoms with Crippen LogP contribution in [0.2, 0.25) is 0 Å². The van der Waals surface area contributed by atoms with Gasteiger partial charge in [-0.1, -0.05) is 349 Å². The number of rotatable bonds is 29. The molecule has 14 aromatic rings. The fourth-order valence-corrected chi connectivity index (χ4v) is 23.6. The smallest absolute Gasteiger partial charge is 0.144 e. The van der Waals surface area contributed by atoms with Crippen LogP contribution in [0.1, 0.15) is 290 Å². The first-order valence-corrected chi connectivity index (χ1v) is 45.3. The van der Waals surface area contributed by atoms with E-state index in [9.17, 15) is 0 Å². The van der Waals surface area contributed by atoms with Crippen molar-refractivity contribution in [3.8, 4) is 77.9 Å². The van der Waals surface area contributed by atoms with Gasteiger partial charge in [-0.05, 0) is 234 Å². The maximum atomic E-state index is 7.50. The third kappa shape index (κ3) is 11.9. The maximum absolute atomic E-state index is 7.50. The topological polar surface area (TPSA) is 29.5 Å². The lowest BCUT2D eigenvalue weighted by molar-refractivity contribution is 0.399. The Morgan fingerprint density at radius 2 is 0.664 bits per heavy atom. The number of unbranched alkanes of at least 4 members (excludes halogenated alkanes) is 16. The van der Waals surface area contributed by atoms with Crippen molar-refractivity contribution < 1.29 is 8.83 Å². The minimum atomic E-state index is -0.364. The fourth-order valence-electron chi connectivity index (χ4n) is 23.6. The van der Waals surface area contributed by atoms with Gasteiger partial charge in [0.15, 0.2) is 0 Å². The molecule has 2 aromatic heterocycles. The highest BCUT2D eigenvalue weighted by atomic mass is 16.3. The van der Waals surface area contributed by atoms with E-state index in [1.807, 2.05) is 0 Å². The molecule has 0 saturated heterocycles. The number of hydrogen-bond acceptors (Lipinski definition) is 3. The van der Waals surface area contributed by atoms with E-state index in [1.54, 1.807) is 11.1 Å². The Labute approximate surface area is 691 Å². The van der Waals surface area contributed by atoms with Gasteiger partial charge in [0.1, 0.15) is 22.3 Å². The van der Waals surface area contributed by atoms with E-state index in [0.717, 1.165) is 48.0 Å². The summed E-state index contributed by atoms with van der Waals surface area (Å²) in [5, 5.41) is 4.87. The normalized spacial score (nSPS) is 15.4. The molecule has 5 aliphatic carbocycles. The molecule has 3 heteroatoms. The molecule has 0 fully saturated rings. The standard InChI is InChI=1S/C113H119NO2/c1-13-17-21-25-37-62-112(63-38-26-22-18-14-2)90-49-34-29-44-79(90)82-58-53-75(67-94(82)112)74-52-57-80-81-59-54-76(68-92(81)109(7,8)91(80)66-74)88-71-96-99(101-86-46-31-35-50-97(86)115-107(88)101)85-61-56-78(70-95(85)113(96,64-39-27-23-19-15-3)65-40-28-24-20-16-4)114(106-72(5)42-41-43-73(106)6)77-55-60-84-93(69-77)111(11,12)104-100(84)102-87-47-32-36-51-98(87)116-108(102)103-83-45-30-33-48-89(83)110(9,10)105(103)104/h29-36,41-61,66-71H,13-28,37-40,62-65H2,1-12H3. The van der Waals surface area contributed by atoms with Crippen molar-refractivity contribution >= 4 is 60.9 Å². The zero-order chi connectivity index (χ0) is 79.6. The summed E-state index contributed by atoms with van der Waals surface area (Å²) in [5.74, 6) is 0. The molecule has 5 aliphatic rings. The monoisotopic (exact) mass is 1520 g/mol. The summed E-state index contributed by atoms with van der Waals surface area (Å²) in [7, 11) is 0. The van der Waals surface area contributed by atoms with Crippen molar-refractivity contribution in [2.75, 3.05) is 4.90 Å². The Hall–Kier alpha value is -9.96. The molecule has 0 N–H and O–H groups in total. The highest BCUT2D eigenvalue weighted by Crippen LogP contribution is 2.66. The molecule has 3 nitrogen and oxygen atoms in total. The molecule has 0 saturated carbocycles. The van der Waals surface area contributed by atoms with Gasteiger partial charge in [0.05, 0.1) is 5.69 Å². The average molecular weight is 1520 g/mol. The number of fused-ring (bicyclic) bond motifs is 25. The molecule has 12 aromatic carbocycles. The zero-order valence-electron chi connectivity index (χ0n) is 71.4. The van der Waals surface area contributed by atoms with Crippen molar-refractivity contribution in [1.82, 2.24) is 0 Å². The first-order valence-electron chi connectivity index (χ1n) is 45.3. The van der Waals surface area contributed by atoms with Gasteiger partial charge in [0.2, 0.25) is 0 Å². The van der Waals surface area contributed by atoms with Crippen LogP contribution in [0.25, 0.3) is 122 Å². The van der Waals surface area contributed by atoms with Crippen molar-refractivity contribution in [1.29, 1.82) is 0 Å². The van der Waals surface area contributed by atoms with Gasteiger partial charge >= 0.3 is 0 Å². The summed E-state index contributed by atoms with van der Waals surface area (Å²) in [6.45, 7) is 29.0. The number of anilines is 3. The predicted octanol–water partition coefficient (Wildman–Crippen LogP) is 33.8. The molecule has 0 atom stereocenters. The average Bonchev–Trinajstić information content (AvgIpc) is 1.48. The minimum absolute atomic E-state index is 0.0261. The number of hydrogen-bond donors (Lipinski definition) is 0. The summed E-state index contributed by atoms with van der Waals surface area (Å²) in [6, 6.07) is 83.9. The van der Waals surface area contributed by atoms with Crippen LogP contribution in [0.4, 0.5) is 17.1 Å². The first kappa shape index (κ1) is 76.0. The lowest BCUT2D eigenvalue weighted by Gasteiger charge is -2.35. The van der Waals surface area contributed by atoms with Crippen LogP contribution < -0.4 is 4.90 Å². The highest BCUT2D eigenvalue weighted by Gasteiger charge is 2.51. The van der Waals surface area contributed by atoms with Crippen LogP contribution in [0, 0.1) is 13.8 Å². The van der Waals surface area contributed by atoms with Crippen LogP contribution in [0.5, 0.6) is 0 Å². The van der Waals surface area contributed by atoms with Gasteiger partial charge in [0, 0.05) is 71.1 Å². The molecular weight excluding hydrogens is 1400 g/mol. The summed E-state index contributed by atoms with van der Waals surface area (Å²) in [4.78, 5) is 2.67. The Morgan fingerprint density at radius 1 is 0.276 bits per heavy atom. The first-order chi connectivity index (χ1) is 56.5. The summed E-state index contributed by atoms with van der Waals surface area (Å²) in [5.41, 5.74) is 42.0. The third-order valence-electron chi connectivity index (χ3n) is 29.4. The molecule has 0 bridgehead atoms. The Kier molecular flexibility index (Phi) is 19.6. The van der Waals surface area contributed by atoms with E-state index >= 15 is 0 Å². The number of furan rings is 2. The predicted molar refractivity (Wildman–Crippen MR) is 495 cm³/mol. The molecule has 2 heterocycles. The molecule has 588 valence electrons. The summed E-state index contributed by atoms with van der Waals surface area (Å²) >= 11 is 0. The zero-order valence-corrected chi connectivity index (χ0v) is 71.4. The van der Waals surface area contributed by atoms with Crippen molar-refractivity contribution in [3.05, 3.63) is 279 Å². The van der Waals surface area contributed by atoms with Crippen LogP contribution >= 0.6 is 0 Å². The van der Waals surface area contributed by atoms with Crippen LogP contribution in [0.15, 0.2) is 221 Å². The fraction of sp³-hybridized carbons (Fsp3) is 0.363.